The van der Waals surface area contributed by atoms with Gasteiger partial charge < -0.3 is 19.6 Å². The molecule has 1 aromatic carbocycles. The highest BCUT2D eigenvalue weighted by Gasteiger charge is 2.76. The third-order valence-corrected chi connectivity index (χ3v) is 11.0. The molecule has 0 aliphatic carbocycles. The second-order valence-corrected chi connectivity index (χ2v) is 13.5. The molecule has 3 aliphatic rings. The fraction of sp³-hybridized carbons (Fsp3) is 0.552. The van der Waals surface area contributed by atoms with Crippen LogP contribution in [-0.2, 0) is 25.7 Å². The number of likely N-dealkylation sites (tertiary alicyclic amines) is 1. The smallest absolute Gasteiger partial charge is 0.311 e. The first-order valence-electron chi connectivity index (χ1n) is 13.2. The molecule has 9 heteroatoms. The molecule has 4 rings (SSSR count). The molecule has 1 N–H and O–H groups in total. The Morgan fingerprint density at radius 3 is 2.61 bits per heavy atom. The molecule has 0 radical (unpaired) electrons. The highest BCUT2D eigenvalue weighted by molar-refractivity contribution is 9.09. The number of esters is 1. The Morgan fingerprint density at radius 1 is 1.29 bits per heavy atom. The molecule has 1 spiro atoms. The summed E-state index contributed by atoms with van der Waals surface area (Å²) < 4.78 is 4.66. The van der Waals surface area contributed by atoms with E-state index in [2.05, 4.69) is 29.1 Å². The van der Waals surface area contributed by atoms with Crippen LogP contribution in [0.15, 0.2) is 55.6 Å². The van der Waals surface area contributed by atoms with Crippen LogP contribution < -0.4 is 0 Å². The summed E-state index contributed by atoms with van der Waals surface area (Å²) in [6.45, 7) is 12.1. The molecule has 7 atom stereocenters. The highest BCUT2D eigenvalue weighted by atomic mass is 79.9. The number of amides is 2. The van der Waals surface area contributed by atoms with Crippen molar-refractivity contribution in [3.8, 4) is 0 Å². The van der Waals surface area contributed by atoms with Gasteiger partial charge in [-0.05, 0) is 24.3 Å². The fourth-order valence-electron chi connectivity index (χ4n) is 6.43. The number of carbonyl (C=O) groups is 3. The summed E-state index contributed by atoms with van der Waals surface area (Å²) in [4.78, 5) is 45.4. The molecule has 0 aromatic heterocycles. The van der Waals surface area contributed by atoms with E-state index in [9.17, 15) is 19.5 Å². The number of aliphatic hydroxyl groups excluding tert-OH is 1. The third kappa shape index (κ3) is 5.09. The summed E-state index contributed by atoms with van der Waals surface area (Å²) in [6.07, 6.45) is 4.32. The van der Waals surface area contributed by atoms with Crippen molar-refractivity contribution in [3.05, 3.63) is 61.2 Å². The van der Waals surface area contributed by atoms with Crippen LogP contribution in [0.1, 0.15) is 32.3 Å². The molecule has 0 saturated carbocycles. The van der Waals surface area contributed by atoms with Crippen LogP contribution in [-0.4, -0.2) is 79.4 Å². The van der Waals surface area contributed by atoms with Gasteiger partial charge in [0.15, 0.2) is 0 Å². The second kappa shape index (κ2) is 12.0. The molecular weight excluding hydrogens is 568 g/mol. The first-order valence-corrected chi connectivity index (χ1v) is 15.0. The van der Waals surface area contributed by atoms with E-state index in [-0.39, 0.29) is 41.0 Å². The molecule has 3 fully saturated rings. The van der Waals surface area contributed by atoms with E-state index in [1.54, 1.807) is 27.6 Å². The number of halogens is 1. The van der Waals surface area contributed by atoms with Crippen molar-refractivity contribution >= 4 is 45.5 Å². The zero-order valence-corrected chi connectivity index (χ0v) is 24.4. The van der Waals surface area contributed by atoms with Crippen LogP contribution in [0.3, 0.4) is 0 Å². The van der Waals surface area contributed by atoms with Gasteiger partial charge in [-0.3, -0.25) is 14.4 Å². The molecule has 3 heterocycles. The number of rotatable bonds is 12. The maximum atomic E-state index is 14.5. The number of ether oxygens (including phenoxy) is 1. The van der Waals surface area contributed by atoms with Crippen LogP contribution in [0.4, 0.5) is 0 Å². The first kappa shape index (κ1) is 28.9. The lowest BCUT2D eigenvalue weighted by molar-refractivity contribution is -0.153. The Hall–Kier alpha value is -2.10. The molecule has 3 unspecified atom stereocenters. The van der Waals surface area contributed by atoms with Gasteiger partial charge in [-0.1, -0.05) is 78.8 Å². The van der Waals surface area contributed by atoms with Gasteiger partial charge in [0.25, 0.3) is 0 Å². The predicted octanol–water partition coefficient (Wildman–Crippen LogP) is 3.80. The normalized spacial score (nSPS) is 30.3. The lowest BCUT2D eigenvalue weighted by Crippen LogP contribution is -2.57. The van der Waals surface area contributed by atoms with Gasteiger partial charge in [-0.15, -0.1) is 18.3 Å². The van der Waals surface area contributed by atoms with Gasteiger partial charge >= 0.3 is 5.97 Å². The number of fused-ring (bicyclic) bond motifs is 1. The SMILES string of the molecule is C=CCOC(=O)[C@H]1[C@H]2C(=O)N([C@@H](CO)CC(C)C)C(C(=O)N(CC=C)Cc3ccccc3)C23CC(Br)[C@@H]1S3. The average Bonchev–Trinajstić information content (AvgIpc) is 3.49. The van der Waals surface area contributed by atoms with Gasteiger partial charge in [-0.25, -0.2) is 0 Å². The molecule has 3 aliphatic heterocycles. The van der Waals surface area contributed by atoms with E-state index in [1.165, 1.54) is 6.08 Å². The Kier molecular flexibility index (Phi) is 9.10. The molecule has 206 valence electrons. The molecule has 2 bridgehead atoms. The van der Waals surface area contributed by atoms with Crippen LogP contribution in [0.2, 0.25) is 0 Å². The van der Waals surface area contributed by atoms with E-state index in [4.69, 9.17) is 4.74 Å². The Morgan fingerprint density at radius 2 is 2.00 bits per heavy atom. The molecule has 3 saturated heterocycles. The highest BCUT2D eigenvalue weighted by Crippen LogP contribution is 2.68. The maximum absolute atomic E-state index is 14.5. The van der Waals surface area contributed by atoms with Gasteiger partial charge in [0.2, 0.25) is 11.8 Å². The van der Waals surface area contributed by atoms with E-state index in [0.29, 0.717) is 25.9 Å². The number of alkyl halides is 1. The van der Waals surface area contributed by atoms with Crippen molar-refractivity contribution in [1.82, 2.24) is 9.80 Å². The van der Waals surface area contributed by atoms with Crippen molar-refractivity contribution in [2.45, 2.75) is 60.1 Å². The lowest BCUT2D eigenvalue weighted by Gasteiger charge is -2.40. The minimum atomic E-state index is -0.813. The minimum Gasteiger partial charge on any atom is -0.461 e. The molecule has 2 amide bonds. The van der Waals surface area contributed by atoms with Crippen LogP contribution in [0.5, 0.6) is 0 Å². The number of nitrogens with zero attached hydrogens (tertiary/aromatic N) is 2. The fourth-order valence-corrected chi connectivity index (χ4v) is 10.0. The van der Waals surface area contributed by atoms with Crippen molar-refractivity contribution in [1.29, 1.82) is 0 Å². The lowest BCUT2D eigenvalue weighted by atomic mass is 9.71. The number of thioether (sulfide) groups is 1. The van der Waals surface area contributed by atoms with E-state index in [0.717, 1.165) is 5.56 Å². The van der Waals surface area contributed by atoms with Crippen molar-refractivity contribution < 1.29 is 24.2 Å². The molecule has 1 aromatic rings. The van der Waals surface area contributed by atoms with Gasteiger partial charge in [0, 0.05) is 23.2 Å². The average molecular weight is 606 g/mol. The quantitative estimate of drug-likeness (QED) is 0.222. The largest absolute Gasteiger partial charge is 0.461 e. The van der Waals surface area contributed by atoms with Gasteiger partial charge in [-0.2, -0.15) is 0 Å². The summed E-state index contributed by atoms with van der Waals surface area (Å²) in [5.74, 6) is -2.02. The monoisotopic (exact) mass is 604 g/mol. The summed E-state index contributed by atoms with van der Waals surface area (Å²) in [6, 6.07) is 8.38. The Bertz CT molecular complexity index is 1070. The minimum absolute atomic E-state index is 0.0484. The zero-order chi connectivity index (χ0) is 27.6. The number of carbonyl (C=O) groups excluding carboxylic acids is 3. The van der Waals surface area contributed by atoms with Crippen LogP contribution in [0.25, 0.3) is 0 Å². The van der Waals surface area contributed by atoms with Crippen LogP contribution in [0, 0.1) is 17.8 Å². The van der Waals surface area contributed by atoms with Gasteiger partial charge in [0.05, 0.1) is 29.2 Å². The Balaban J connectivity index is 1.79. The van der Waals surface area contributed by atoms with E-state index < -0.39 is 34.6 Å². The first-order chi connectivity index (χ1) is 18.2. The second-order valence-electron chi connectivity index (χ2n) is 10.8. The number of benzene rings is 1. The summed E-state index contributed by atoms with van der Waals surface area (Å²) in [7, 11) is 0. The number of hydrogen-bond donors (Lipinski definition) is 1. The number of hydrogen-bond acceptors (Lipinski definition) is 6. The molecule has 38 heavy (non-hydrogen) atoms. The summed E-state index contributed by atoms with van der Waals surface area (Å²) >= 11 is 5.34. The summed E-state index contributed by atoms with van der Waals surface area (Å²) in [5, 5.41) is 10.3. The van der Waals surface area contributed by atoms with Crippen molar-refractivity contribution in [3.63, 3.8) is 0 Å². The predicted molar refractivity (Wildman–Crippen MR) is 153 cm³/mol. The van der Waals surface area contributed by atoms with Crippen molar-refractivity contribution in [2.24, 2.45) is 17.8 Å². The standard InChI is InChI=1S/C29H37BrN2O5S/c1-5-12-31(16-19-10-8-7-9-11-19)27(35)25-29-15-21(30)24(38-29)22(28(36)37-13-6-2)23(29)26(34)32(25)20(17-33)14-18(3)4/h5-11,18,20-25,33H,1-2,12-17H2,3-4H3/t20-,21?,22+,23+,24+,25?,29?/m1/s1. The summed E-state index contributed by atoms with van der Waals surface area (Å²) in [5.41, 5.74) is 0.973. The zero-order valence-electron chi connectivity index (χ0n) is 22.0. The van der Waals surface area contributed by atoms with Crippen LogP contribution >= 0.6 is 27.7 Å². The topological polar surface area (TPSA) is 87.1 Å². The number of aliphatic hydroxyl groups is 1. The molecule has 7 nitrogen and oxygen atoms in total. The van der Waals surface area contributed by atoms with E-state index in [1.807, 2.05) is 44.2 Å². The Labute approximate surface area is 237 Å². The maximum Gasteiger partial charge on any atom is 0.311 e. The van der Waals surface area contributed by atoms with Crippen molar-refractivity contribution in [2.75, 3.05) is 19.8 Å². The van der Waals surface area contributed by atoms with Gasteiger partial charge in [0.1, 0.15) is 12.6 Å². The third-order valence-electron chi connectivity index (χ3n) is 7.80. The van der Waals surface area contributed by atoms with E-state index >= 15 is 0 Å². The molecular formula is C29H37BrN2O5S.